The minimum absolute atomic E-state index is 0.347. The molecule has 3 rings (SSSR count). The molecule has 2 aromatic heterocycles. The zero-order valence-electron chi connectivity index (χ0n) is 14.2. The fourth-order valence-corrected chi connectivity index (χ4v) is 2.35. The summed E-state index contributed by atoms with van der Waals surface area (Å²) in [4.78, 5) is 16.5. The van der Waals surface area contributed by atoms with Crippen LogP contribution in [0.15, 0.2) is 35.1 Å². The van der Waals surface area contributed by atoms with Gasteiger partial charge >= 0.3 is 5.69 Å². The van der Waals surface area contributed by atoms with Gasteiger partial charge in [0.05, 0.1) is 18.5 Å². The number of tetrazole rings is 1. The molecule has 2 heterocycles. The molecule has 0 bridgehead atoms. The Morgan fingerprint density at radius 3 is 2.60 bits per heavy atom. The van der Waals surface area contributed by atoms with E-state index in [0.29, 0.717) is 28.5 Å². The number of methoxy groups -OCH3 is 1. The van der Waals surface area contributed by atoms with Crippen LogP contribution in [0.25, 0.3) is 17.8 Å². The maximum atomic E-state index is 12.2. The standard InChI is InChI=1S/C17H18N6O2/c1-11-7-8-12(19-16(11)18)9-10-13-14(5-4-6-15(13)25-3)23-17(24)22(2)20-21-23/h4-10H,1-3H3,(H2,18,19)/b10-9+. The highest BCUT2D eigenvalue weighted by molar-refractivity contribution is 5.76. The molecular weight excluding hydrogens is 320 g/mol. The fraction of sp³-hybridized carbons (Fsp3) is 0.176. The van der Waals surface area contributed by atoms with Gasteiger partial charge < -0.3 is 10.5 Å². The Kier molecular flexibility index (Phi) is 4.34. The van der Waals surface area contributed by atoms with Crippen LogP contribution in [-0.4, -0.2) is 31.9 Å². The summed E-state index contributed by atoms with van der Waals surface area (Å²) in [6, 6.07) is 9.13. The van der Waals surface area contributed by atoms with Crippen molar-refractivity contribution in [3.05, 3.63) is 57.6 Å². The van der Waals surface area contributed by atoms with E-state index in [2.05, 4.69) is 15.4 Å². The first-order valence-electron chi connectivity index (χ1n) is 7.59. The predicted octanol–water partition coefficient (Wildman–Crippen LogP) is 1.43. The van der Waals surface area contributed by atoms with Gasteiger partial charge in [-0.1, -0.05) is 12.1 Å². The maximum absolute atomic E-state index is 12.2. The molecule has 0 fully saturated rings. The van der Waals surface area contributed by atoms with Crippen LogP contribution in [0.1, 0.15) is 16.8 Å². The fourth-order valence-electron chi connectivity index (χ4n) is 2.35. The average Bonchev–Trinajstić information content (AvgIpc) is 2.94. The van der Waals surface area contributed by atoms with Gasteiger partial charge in [-0.2, -0.15) is 9.36 Å². The molecule has 3 aromatic rings. The Balaban J connectivity index is 2.11. The first-order chi connectivity index (χ1) is 12.0. The van der Waals surface area contributed by atoms with E-state index in [1.807, 2.05) is 31.2 Å². The second-order valence-corrected chi connectivity index (χ2v) is 5.46. The summed E-state index contributed by atoms with van der Waals surface area (Å²) in [6.45, 7) is 1.90. The van der Waals surface area contributed by atoms with Crippen LogP contribution in [0.4, 0.5) is 5.82 Å². The molecule has 0 saturated heterocycles. The highest BCUT2D eigenvalue weighted by Crippen LogP contribution is 2.26. The van der Waals surface area contributed by atoms with Crippen LogP contribution < -0.4 is 16.2 Å². The molecule has 0 atom stereocenters. The Bertz CT molecular complexity index is 1000. The number of pyridine rings is 1. The van der Waals surface area contributed by atoms with Gasteiger partial charge in [0.25, 0.3) is 0 Å². The van der Waals surface area contributed by atoms with Crippen molar-refractivity contribution in [1.82, 2.24) is 24.8 Å². The van der Waals surface area contributed by atoms with Crippen LogP contribution in [-0.2, 0) is 7.05 Å². The van der Waals surface area contributed by atoms with Gasteiger partial charge in [0.15, 0.2) is 0 Å². The van der Waals surface area contributed by atoms with Gasteiger partial charge in [0.1, 0.15) is 11.6 Å². The number of nitrogens with zero attached hydrogens (tertiary/aromatic N) is 5. The van der Waals surface area contributed by atoms with Crippen molar-refractivity contribution in [2.24, 2.45) is 7.05 Å². The topological polar surface area (TPSA) is 101 Å². The van der Waals surface area contributed by atoms with Gasteiger partial charge in [-0.25, -0.2) is 9.78 Å². The third-order valence-corrected chi connectivity index (χ3v) is 3.79. The normalized spacial score (nSPS) is 11.2. The Morgan fingerprint density at radius 2 is 1.96 bits per heavy atom. The highest BCUT2D eigenvalue weighted by Gasteiger charge is 2.13. The van der Waals surface area contributed by atoms with Gasteiger partial charge in [0, 0.05) is 12.6 Å². The van der Waals surface area contributed by atoms with E-state index in [-0.39, 0.29) is 5.69 Å². The summed E-state index contributed by atoms with van der Waals surface area (Å²) in [7, 11) is 3.11. The van der Waals surface area contributed by atoms with Crippen molar-refractivity contribution < 1.29 is 4.74 Å². The van der Waals surface area contributed by atoms with Crippen LogP contribution in [0, 0.1) is 6.92 Å². The number of ether oxygens (including phenoxy) is 1. The lowest BCUT2D eigenvalue weighted by atomic mass is 10.1. The van der Waals surface area contributed by atoms with E-state index >= 15 is 0 Å². The van der Waals surface area contributed by atoms with Gasteiger partial charge in [0.2, 0.25) is 0 Å². The van der Waals surface area contributed by atoms with Crippen LogP contribution in [0.3, 0.4) is 0 Å². The Labute approximate surface area is 144 Å². The third-order valence-electron chi connectivity index (χ3n) is 3.79. The molecule has 8 heteroatoms. The number of hydrogen-bond donors (Lipinski definition) is 1. The molecule has 8 nitrogen and oxygen atoms in total. The first kappa shape index (κ1) is 16.4. The lowest BCUT2D eigenvalue weighted by Crippen LogP contribution is -2.22. The van der Waals surface area contributed by atoms with Crippen LogP contribution >= 0.6 is 0 Å². The van der Waals surface area contributed by atoms with Crippen molar-refractivity contribution in [2.75, 3.05) is 12.8 Å². The number of aromatic nitrogens is 5. The number of hydrogen-bond acceptors (Lipinski definition) is 6. The summed E-state index contributed by atoms with van der Waals surface area (Å²) in [5.74, 6) is 1.08. The molecule has 0 spiro atoms. The molecule has 0 amide bonds. The van der Waals surface area contributed by atoms with Gasteiger partial charge in [-0.15, -0.1) is 0 Å². The molecule has 0 saturated carbocycles. The quantitative estimate of drug-likeness (QED) is 0.772. The summed E-state index contributed by atoms with van der Waals surface area (Å²) >= 11 is 0. The van der Waals surface area contributed by atoms with Crippen LogP contribution in [0.2, 0.25) is 0 Å². The molecule has 25 heavy (non-hydrogen) atoms. The molecule has 0 unspecified atom stereocenters. The highest BCUT2D eigenvalue weighted by atomic mass is 16.5. The minimum Gasteiger partial charge on any atom is -0.496 e. The lowest BCUT2D eigenvalue weighted by Gasteiger charge is -2.09. The molecular formula is C17H18N6O2. The molecule has 0 aliphatic rings. The van der Waals surface area contributed by atoms with Crippen LogP contribution in [0.5, 0.6) is 5.75 Å². The molecule has 0 radical (unpaired) electrons. The van der Waals surface area contributed by atoms with E-state index < -0.39 is 0 Å². The average molecular weight is 338 g/mol. The van der Waals surface area contributed by atoms with E-state index in [9.17, 15) is 4.79 Å². The molecule has 2 N–H and O–H groups in total. The monoisotopic (exact) mass is 338 g/mol. The third kappa shape index (κ3) is 3.14. The summed E-state index contributed by atoms with van der Waals surface area (Å²) in [5.41, 5.74) is 8.38. The van der Waals surface area contributed by atoms with E-state index in [0.717, 1.165) is 10.2 Å². The number of benzene rings is 1. The van der Waals surface area contributed by atoms with Gasteiger partial charge in [-0.3, -0.25) is 0 Å². The number of rotatable bonds is 4. The van der Waals surface area contributed by atoms with E-state index in [1.165, 1.54) is 4.68 Å². The predicted molar refractivity (Wildman–Crippen MR) is 95.5 cm³/mol. The molecule has 0 aliphatic carbocycles. The largest absolute Gasteiger partial charge is 0.496 e. The van der Waals surface area contributed by atoms with E-state index in [4.69, 9.17) is 10.5 Å². The zero-order chi connectivity index (χ0) is 18.0. The zero-order valence-corrected chi connectivity index (χ0v) is 14.2. The van der Waals surface area contributed by atoms with Crippen molar-refractivity contribution in [2.45, 2.75) is 6.92 Å². The Hall–Kier alpha value is -3.42. The summed E-state index contributed by atoms with van der Waals surface area (Å²) < 4.78 is 7.80. The molecule has 0 aliphatic heterocycles. The van der Waals surface area contributed by atoms with E-state index in [1.54, 1.807) is 32.4 Å². The summed E-state index contributed by atoms with van der Waals surface area (Å²) in [5, 5.41) is 7.65. The van der Waals surface area contributed by atoms with Crippen molar-refractivity contribution >= 4 is 18.0 Å². The van der Waals surface area contributed by atoms with Gasteiger partial charge in [-0.05, 0) is 53.3 Å². The van der Waals surface area contributed by atoms with Crippen molar-refractivity contribution in [3.8, 4) is 11.4 Å². The second-order valence-electron chi connectivity index (χ2n) is 5.46. The minimum atomic E-state index is -0.347. The summed E-state index contributed by atoms with van der Waals surface area (Å²) in [6.07, 6.45) is 3.62. The molecule has 1 aromatic carbocycles. The SMILES string of the molecule is COc1cccc(-n2nnn(C)c2=O)c1/C=C/c1ccc(C)c(N)n1. The van der Waals surface area contributed by atoms with Crippen molar-refractivity contribution in [3.63, 3.8) is 0 Å². The smallest absolute Gasteiger partial charge is 0.368 e. The number of aryl methyl sites for hydroxylation is 2. The maximum Gasteiger partial charge on any atom is 0.368 e. The first-order valence-corrected chi connectivity index (χ1v) is 7.59. The number of nitrogens with two attached hydrogens (primary N) is 1. The van der Waals surface area contributed by atoms with Crippen molar-refractivity contribution in [1.29, 1.82) is 0 Å². The number of nitrogen functional groups attached to an aromatic ring is 1. The molecule has 128 valence electrons. The second kappa shape index (κ2) is 6.60. The Morgan fingerprint density at radius 1 is 1.16 bits per heavy atom. The lowest BCUT2D eigenvalue weighted by molar-refractivity contribution is 0.413. The number of anilines is 1.